The van der Waals surface area contributed by atoms with Gasteiger partial charge in [-0.15, -0.1) is 0 Å². The Balaban J connectivity index is 2.82. The third-order valence-corrected chi connectivity index (χ3v) is 2.24. The topological polar surface area (TPSA) is 84.6 Å². The summed E-state index contributed by atoms with van der Waals surface area (Å²) < 4.78 is 18.0. The number of methoxy groups -OCH3 is 1. The summed E-state index contributed by atoms with van der Waals surface area (Å²) in [6.07, 6.45) is 0. The maximum absolute atomic E-state index is 13.1. The zero-order valence-electron chi connectivity index (χ0n) is 9.44. The Hall–Kier alpha value is -1.66. The highest BCUT2D eigenvalue weighted by atomic mass is 19.1. The third-order valence-electron chi connectivity index (χ3n) is 2.24. The number of hydrogen-bond donors (Lipinski definition) is 3. The fourth-order valence-corrected chi connectivity index (χ4v) is 1.39. The maximum Gasteiger partial charge on any atom is 0.239 e. The van der Waals surface area contributed by atoms with Crippen LogP contribution >= 0.6 is 0 Å². The Kier molecular flexibility index (Phi) is 4.86. The van der Waals surface area contributed by atoms with E-state index in [-0.39, 0.29) is 0 Å². The Labute approximate surface area is 98.4 Å². The molecule has 0 saturated carbocycles. The lowest BCUT2D eigenvalue weighted by Gasteiger charge is -2.15. The molecule has 0 heterocycles. The molecule has 0 fully saturated rings. The number of rotatable bonds is 6. The molecule has 6 heteroatoms. The van der Waals surface area contributed by atoms with E-state index in [1.165, 1.54) is 19.2 Å². The van der Waals surface area contributed by atoms with Gasteiger partial charge in [-0.05, 0) is 17.7 Å². The first-order valence-corrected chi connectivity index (χ1v) is 5.06. The SMILES string of the molecule is COCCNC(C(N)=O)c1ccc(O)c(F)c1. The number of primary amides is 1. The van der Waals surface area contributed by atoms with Crippen LogP contribution in [0.3, 0.4) is 0 Å². The highest BCUT2D eigenvalue weighted by molar-refractivity contribution is 5.81. The summed E-state index contributed by atoms with van der Waals surface area (Å²) in [6, 6.07) is 2.89. The molecule has 17 heavy (non-hydrogen) atoms. The molecular weight excluding hydrogens is 227 g/mol. The molecule has 1 atom stereocenters. The summed E-state index contributed by atoms with van der Waals surface area (Å²) in [7, 11) is 1.53. The Morgan fingerprint density at radius 2 is 2.35 bits per heavy atom. The molecule has 1 amide bonds. The number of phenolic OH excluding ortho intramolecular Hbond substituents is 1. The van der Waals surface area contributed by atoms with Crippen molar-refractivity contribution in [2.24, 2.45) is 5.73 Å². The second kappa shape index (κ2) is 6.17. The standard InChI is InChI=1S/C11H15FN2O3/c1-17-5-4-14-10(11(13)16)7-2-3-9(15)8(12)6-7/h2-3,6,10,14-15H,4-5H2,1H3,(H2,13,16). The molecular formula is C11H15FN2O3. The van der Waals surface area contributed by atoms with Gasteiger partial charge in [-0.2, -0.15) is 0 Å². The van der Waals surface area contributed by atoms with Crippen molar-refractivity contribution in [1.29, 1.82) is 0 Å². The summed E-state index contributed by atoms with van der Waals surface area (Å²) >= 11 is 0. The minimum atomic E-state index is -0.805. The second-order valence-corrected chi connectivity index (χ2v) is 3.49. The van der Waals surface area contributed by atoms with E-state index < -0.39 is 23.5 Å². The van der Waals surface area contributed by atoms with Crippen LogP contribution < -0.4 is 11.1 Å². The van der Waals surface area contributed by atoms with E-state index in [2.05, 4.69) is 5.32 Å². The first kappa shape index (κ1) is 13.4. The van der Waals surface area contributed by atoms with E-state index in [0.717, 1.165) is 6.07 Å². The van der Waals surface area contributed by atoms with Crippen molar-refractivity contribution >= 4 is 5.91 Å². The fourth-order valence-electron chi connectivity index (χ4n) is 1.39. The Morgan fingerprint density at radius 1 is 1.65 bits per heavy atom. The number of hydrogen-bond acceptors (Lipinski definition) is 4. The molecule has 1 rings (SSSR count). The summed E-state index contributed by atoms with van der Waals surface area (Å²) in [5, 5.41) is 11.9. The number of phenols is 1. The fraction of sp³-hybridized carbons (Fsp3) is 0.364. The van der Waals surface area contributed by atoms with Crippen molar-refractivity contribution in [1.82, 2.24) is 5.32 Å². The summed E-state index contributed by atoms with van der Waals surface area (Å²) in [4.78, 5) is 11.2. The van der Waals surface area contributed by atoms with Gasteiger partial charge in [-0.25, -0.2) is 4.39 Å². The number of nitrogens with one attached hydrogen (secondary N) is 1. The van der Waals surface area contributed by atoms with E-state index in [9.17, 15) is 9.18 Å². The largest absolute Gasteiger partial charge is 0.505 e. The van der Waals surface area contributed by atoms with Crippen LogP contribution in [0.5, 0.6) is 5.75 Å². The van der Waals surface area contributed by atoms with E-state index in [4.69, 9.17) is 15.6 Å². The molecule has 0 aromatic heterocycles. The van der Waals surface area contributed by atoms with Crippen LogP contribution in [0, 0.1) is 5.82 Å². The number of aromatic hydroxyl groups is 1. The van der Waals surface area contributed by atoms with E-state index >= 15 is 0 Å². The molecule has 1 unspecified atom stereocenters. The number of nitrogens with two attached hydrogens (primary N) is 1. The smallest absolute Gasteiger partial charge is 0.239 e. The quantitative estimate of drug-likeness (QED) is 0.626. The van der Waals surface area contributed by atoms with Crippen molar-refractivity contribution in [3.05, 3.63) is 29.6 Å². The predicted octanol–water partition coefficient (Wildman–Crippen LogP) is 0.294. The normalized spacial score (nSPS) is 12.4. The van der Waals surface area contributed by atoms with Crippen molar-refractivity contribution in [2.75, 3.05) is 20.3 Å². The van der Waals surface area contributed by atoms with Crippen LogP contribution in [-0.4, -0.2) is 31.3 Å². The Morgan fingerprint density at radius 3 is 2.88 bits per heavy atom. The van der Waals surface area contributed by atoms with Gasteiger partial charge in [0.2, 0.25) is 5.91 Å². The molecule has 1 aromatic carbocycles. The lowest BCUT2D eigenvalue weighted by atomic mass is 10.1. The number of ether oxygens (including phenoxy) is 1. The van der Waals surface area contributed by atoms with Crippen molar-refractivity contribution < 1.29 is 19.0 Å². The van der Waals surface area contributed by atoms with Crippen molar-refractivity contribution in [3.8, 4) is 5.75 Å². The highest BCUT2D eigenvalue weighted by Gasteiger charge is 2.18. The van der Waals surface area contributed by atoms with Crippen LogP contribution in [0.25, 0.3) is 0 Å². The average Bonchev–Trinajstić information content (AvgIpc) is 2.28. The number of halogens is 1. The van der Waals surface area contributed by atoms with Gasteiger partial charge < -0.3 is 15.6 Å². The van der Waals surface area contributed by atoms with Gasteiger partial charge in [-0.3, -0.25) is 10.1 Å². The lowest BCUT2D eigenvalue weighted by Crippen LogP contribution is -2.35. The molecule has 0 radical (unpaired) electrons. The van der Waals surface area contributed by atoms with E-state index in [1.54, 1.807) is 0 Å². The van der Waals surface area contributed by atoms with Crippen molar-refractivity contribution in [2.45, 2.75) is 6.04 Å². The molecule has 0 spiro atoms. The molecule has 5 nitrogen and oxygen atoms in total. The molecule has 94 valence electrons. The van der Waals surface area contributed by atoms with Crippen molar-refractivity contribution in [3.63, 3.8) is 0 Å². The van der Waals surface area contributed by atoms with E-state index in [0.29, 0.717) is 18.7 Å². The maximum atomic E-state index is 13.1. The van der Waals surface area contributed by atoms with Gasteiger partial charge in [0, 0.05) is 13.7 Å². The third kappa shape index (κ3) is 3.69. The summed E-state index contributed by atoms with van der Waals surface area (Å²) in [6.45, 7) is 0.816. The molecule has 0 bridgehead atoms. The van der Waals surface area contributed by atoms with E-state index in [1.807, 2.05) is 0 Å². The highest BCUT2D eigenvalue weighted by Crippen LogP contribution is 2.20. The number of carbonyl (C=O) groups is 1. The van der Waals surface area contributed by atoms with Gasteiger partial charge >= 0.3 is 0 Å². The van der Waals surface area contributed by atoms with Crippen LogP contribution in [0.4, 0.5) is 4.39 Å². The van der Waals surface area contributed by atoms with Crippen LogP contribution in [0.2, 0.25) is 0 Å². The van der Waals surface area contributed by atoms with Gasteiger partial charge in [0.05, 0.1) is 6.61 Å². The predicted molar refractivity (Wildman–Crippen MR) is 59.9 cm³/mol. The van der Waals surface area contributed by atoms with Gasteiger partial charge in [0.15, 0.2) is 11.6 Å². The lowest BCUT2D eigenvalue weighted by molar-refractivity contribution is -0.120. The zero-order chi connectivity index (χ0) is 12.8. The number of amides is 1. The molecule has 0 aliphatic rings. The summed E-state index contributed by atoms with van der Waals surface area (Å²) in [5.74, 6) is -1.87. The minimum Gasteiger partial charge on any atom is -0.505 e. The number of carbonyl (C=O) groups excluding carboxylic acids is 1. The van der Waals surface area contributed by atoms with Crippen LogP contribution in [0.1, 0.15) is 11.6 Å². The van der Waals surface area contributed by atoms with Crippen LogP contribution in [-0.2, 0) is 9.53 Å². The van der Waals surface area contributed by atoms with Gasteiger partial charge in [-0.1, -0.05) is 6.07 Å². The monoisotopic (exact) mass is 242 g/mol. The first-order valence-electron chi connectivity index (χ1n) is 5.06. The molecule has 0 aliphatic heterocycles. The number of benzene rings is 1. The van der Waals surface area contributed by atoms with Gasteiger partial charge in [0.1, 0.15) is 6.04 Å². The second-order valence-electron chi connectivity index (χ2n) is 3.49. The van der Waals surface area contributed by atoms with Gasteiger partial charge in [0.25, 0.3) is 0 Å². The summed E-state index contributed by atoms with van der Waals surface area (Å²) in [5.41, 5.74) is 5.58. The molecule has 4 N–H and O–H groups in total. The minimum absolute atomic E-state index is 0.365. The Bertz CT molecular complexity index is 398. The average molecular weight is 242 g/mol. The van der Waals surface area contributed by atoms with Crippen LogP contribution in [0.15, 0.2) is 18.2 Å². The molecule has 0 saturated heterocycles. The first-order chi connectivity index (χ1) is 8.06. The molecule has 0 aliphatic carbocycles. The zero-order valence-corrected chi connectivity index (χ0v) is 9.44. The molecule has 1 aromatic rings.